The Bertz CT molecular complexity index is 1260. The van der Waals surface area contributed by atoms with E-state index in [0.717, 1.165) is 23.2 Å². The van der Waals surface area contributed by atoms with Crippen LogP contribution in [0.1, 0.15) is 76.5 Å². The molecule has 212 valence electrons. The number of hydrogen-bond acceptors (Lipinski definition) is 5. The number of carboxylic acid groups (broad SMARTS) is 1. The molecule has 8 nitrogen and oxygen atoms in total. The maximum absolute atomic E-state index is 12.3. The molecule has 0 unspecified atom stereocenters. The molecule has 0 saturated carbocycles. The van der Waals surface area contributed by atoms with Crippen molar-refractivity contribution in [2.75, 3.05) is 6.61 Å². The third kappa shape index (κ3) is 10.6. The molecule has 0 aliphatic rings. The Morgan fingerprint density at radius 3 is 2.18 bits per heavy atom. The van der Waals surface area contributed by atoms with E-state index in [2.05, 4.69) is 36.7 Å². The third-order valence-electron chi connectivity index (χ3n) is 5.49. The summed E-state index contributed by atoms with van der Waals surface area (Å²) in [5.41, 5.74) is 10.0. The number of aromatic nitrogens is 2. The van der Waals surface area contributed by atoms with Gasteiger partial charge in [-0.05, 0) is 46.1 Å². The number of carboxylic acids is 1. The molecule has 2 heterocycles. The Kier molecular flexibility index (Phi) is 16.9. The van der Waals surface area contributed by atoms with Crippen LogP contribution in [0.4, 0.5) is 0 Å². The minimum atomic E-state index is -1.10. The van der Waals surface area contributed by atoms with Crippen LogP contribution in [0, 0.1) is 6.92 Å². The summed E-state index contributed by atoms with van der Waals surface area (Å²) in [6.07, 6.45) is 10.2. The highest BCUT2D eigenvalue weighted by Gasteiger charge is 2.23. The minimum absolute atomic E-state index is 0.0955. The number of rotatable bonds is 8. The number of nitrogens with zero attached hydrogens (tertiary/aromatic N) is 2. The first-order chi connectivity index (χ1) is 18.7. The number of benzene rings is 1. The van der Waals surface area contributed by atoms with Crippen LogP contribution in [0.2, 0.25) is 0 Å². The van der Waals surface area contributed by atoms with E-state index in [1.165, 1.54) is 12.5 Å². The fourth-order valence-corrected chi connectivity index (χ4v) is 3.61. The summed E-state index contributed by atoms with van der Waals surface area (Å²) >= 11 is 0. The Morgan fingerprint density at radius 2 is 1.72 bits per heavy atom. The molecule has 0 atom stereocenters. The van der Waals surface area contributed by atoms with E-state index in [4.69, 9.17) is 14.6 Å². The zero-order chi connectivity index (χ0) is 30.0. The average molecular weight is 538 g/mol. The first-order valence-electron chi connectivity index (χ1n) is 13.1. The lowest BCUT2D eigenvalue weighted by Crippen LogP contribution is -2.12. The van der Waals surface area contributed by atoms with Crippen molar-refractivity contribution in [3.8, 4) is 17.1 Å². The number of aliphatic carboxylic acids is 1. The second kappa shape index (κ2) is 19.0. The standard InChI is InChI=1S/C20H20N2O4.C8H14.C2H6.CH3NO/c1-4-15-12(2)22-10-16(14-8-6-5-7-9-14)21-20(26-11-17(24)25)19(22)18(15)13(3)23;1-4-6-7-8(3)5-2;1-2;2-1-3/h5-10H,4,11H2,1-3H3,(H,24,25);4,6-7H,5H2,1-3H3;1-2H3;1H,(H2,2,3)/b;6-4-,8-7-;;. The van der Waals surface area contributed by atoms with Gasteiger partial charge >= 0.3 is 5.97 Å². The van der Waals surface area contributed by atoms with Gasteiger partial charge in [-0.25, -0.2) is 9.78 Å². The second-order valence-electron chi connectivity index (χ2n) is 8.08. The number of Topliss-reactive ketones (excluding diaryl/α,β-unsaturated/α-hetero) is 1. The summed E-state index contributed by atoms with van der Waals surface area (Å²) < 4.78 is 7.34. The zero-order valence-corrected chi connectivity index (χ0v) is 24.4. The number of carbonyl (C=O) groups excluding carboxylic acids is 2. The Labute approximate surface area is 232 Å². The number of hydrogen-bond donors (Lipinski definition) is 2. The number of aryl methyl sites for hydroxylation is 1. The van der Waals surface area contributed by atoms with E-state index in [9.17, 15) is 9.59 Å². The van der Waals surface area contributed by atoms with Gasteiger partial charge in [0.1, 0.15) is 5.52 Å². The number of fused-ring (bicyclic) bond motifs is 1. The highest BCUT2D eigenvalue weighted by Crippen LogP contribution is 2.33. The van der Waals surface area contributed by atoms with Gasteiger partial charge in [0.15, 0.2) is 12.4 Å². The van der Waals surface area contributed by atoms with E-state index in [1.54, 1.807) is 0 Å². The van der Waals surface area contributed by atoms with Gasteiger partial charge in [0.25, 0.3) is 0 Å². The molecule has 3 rings (SSSR count). The highest BCUT2D eigenvalue weighted by molar-refractivity contribution is 6.04. The molecule has 0 bridgehead atoms. The van der Waals surface area contributed by atoms with Gasteiger partial charge in [0.05, 0.1) is 11.3 Å². The van der Waals surface area contributed by atoms with Crippen LogP contribution in [-0.4, -0.2) is 39.3 Å². The summed E-state index contributed by atoms with van der Waals surface area (Å²) in [7, 11) is 0. The summed E-state index contributed by atoms with van der Waals surface area (Å²) in [5, 5.41) is 8.99. The first kappa shape index (κ1) is 34.8. The van der Waals surface area contributed by atoms with Gasteiger partial charge in [-0.1, -0.05) is 81.8 Å². The lowest BCUT2D eigenvalue weighted by atomic mass is 10.0. The van der Waals surface area contributed by atoms with Gasteiger partial charge in [-0.2, -0.15) is 0 Å². The topological polar surface area (TPSA) is 124 Å². The van der Waals surface area contributed by atoms with Crippen molar-refractivity contribution in [3.63, 3.8) is 0 Å². The van der Waals surface area contributed by atoms with Crippen molar-refractivity contribution in [3.05, 3.63) is 77.2 Å². The Hall–Kier alpha value is -4.20. The first-order valence-corrected chi connectivity index (χ1v) is 13.1. The summed E-state index contributed by atoms with van der Waals surface area (Å²) in [4.78, 5) is 36.4. The number of amides is 1. The molecule has 0 aliphatic heterocycles. The highest BCUT2D eigenvalue weighted by atomic mass is 16.5. The van der Waals surface area contributed by atoms with Crippen molar-refractivity contribution in [1.82, 2.24) is 9.38 Å². The van der Waals surface area contributed by atoms with Crippen molar-refractivity contribution < 1.29 is 24.2 Å². The number of ether oxygens (including phenoxy) is 1. The lowest BCUT2D eigenvalue weighted by molar-refractivity contribution is -0.139. The van der Waals surface area contributed by atoms with Crippen LogP contribution in [0.3, 0.4) is 0 Å². The maximum atomic E-state index is 12.3. The quantitative estimate of drug-likeness (QED) is 0.190. The normalized spacial score (nSPS) is 10.4. The van der Waals surface area contributed by atoms with Gasteiger partial charge < -0.3 is 20.0 Å². The van der Waals surface area contributed by atoms with Crippen LogP contribution in [-0.2, 0) is 16.0 Å². The fourth-order valence-electron chi connectivity index (χ4n) is 3.61. The third-order valence-corrected chi connectivity index (χ3v) is 5.49. The molecule has 8 heteroatoms. The predicted molar refractivity (Wildman–Crippen MR) is 158 cm³/mol. The zero-order valence-electron chi connectivity index (χ0n) is 24.4. The summed E-state index contributed by atoms with van der Waals surface area (Å²) in [6, 6.07) is 9.55. The maximum Gasteiger partial charge on any atom is 0.341 e. The van der Waals surface area contributed by atoms with E-state index >= 15 is 0 Å². The van der Waals surface area contributed by atoms with Gasteiger partial charge in [-0.3, -0.25) is 9.59 Å². The summed E-state index contributed by atoms with van der Waals surface area (Å²) in [6.45, 7) is 15.2. The monoisotopic (exact) mass is 537 g/mol. The van der Waals surface area contributed by atoms with E-state index in [0.29, 0.717) is 23.2 Å². The van der Waals surface area contributed by atoms with Gasteiger partial charge in [0.2, 0.25) is 12.3 Å². The molecule has 0 aliphatic carbocycles. The van der Waals surface area contributed by atoms with E-state index in [1.807, 2.05) is 81.6 Å². The number of primary amides is 1. The van der Waals surface area contributed by atoms with Crippen molar-refractivity contribution >= 4 is 23.7 Å². The fraction of sp³-hybridized carbons (Fsp3) is 0.355. The van der Waals surface area contributed by atoms with Crippen LogP contribution in [0.25, 0.3) is 16.8 Å². The van der Waals surface area contributed by atoms with Crippen LogP contribution >= 0.6 is 0 Å². The van der Waals surface area contributed by atoms with Crippen LogP contribution < -0.4 is 10.5 Å². The van der Waals surface area contributed by atoms with Crippen molar-refractivity contribution in [2.45, 2.75) is 68.2 Å². The number of allylic oxidation sites excluding steroid dienone is 4. The number of nitrogens with two attached hydrogens (primary N) is 1. The molecular formula is C31H43N3O5. The molecule has 3 aromatic rings. The van der Waals surface area contributed by atoms with Gasteiger partial charge in [-0.15, -0.1) is 0 Å². The van der Waals surface area contributed by atoms with E-state index in [-0.39, 0.29) is 18.1 Å². The minimum Gasteiger partial charge on any atom is -0.479 e. The summed E-state index contributed by atoms with van der Waals surface area (Å²) in [5.74, 6) is -1.04. The molecule has 39 heavy (non-hydrogen) atoms. The SMILES string of the molecule is C/C=C\C=C(\C)CC.CC.CCc1c(C(C)=O)c2c(OCC(=O)O)nc(-c3ccccc3)cn2c1C.NC=O. The second-order valence-corrected chi connectivity index (χ2v) is 8.08. The smallest absolute Gasteiger partial charge is 0.341 e. The lowest BCUT2D eigenvalue weighted by Gasteiger charge is -2.10. The molecule has 0 fully saturated rings. The molecule has 2 aromatic heterocycles. The molecule has 3 N–H and O–H groups in total. The van der Waals surface area contributed by atoms with Crippen LogP contribution in [0.5, 0.6) is 5.88 Å². The molecular weight excluding hydrogens is 494 g/mol. The largest absolute Gasteiger partial charge is 0.479 e. The molecule has 0 radical (unpaired) electrons. The number of ketones is 1. The van der Waals surface area contributed by atoms with Gasteiger partial charge in [0, 0.05) is 17.5 Å². The average Bonchev–Trinajstić information content (AvgIpc) is 3.24. The van der Waals surface area contributed by atoms with E-state index < -0.39 is 12.6 Å². The van der Waals surface area contributed by atoms with Crippen LogP contribution in [0.15, 0.2) is 60.3 Å². The molecule has 0 spiro atoms. The van der Waals surface area contributed by atoms with Crippen molar-refractivity contribution in [1.29, 1.82) is 0 Å². The number of carbonyl (C=O) groups is 3. The van der Waals surface area contributed by atoms with Crippen molar-refractivity contribution in [2.24, 2.45) is 5.73 Å². The Balaban J connectivity index is 0.000000936. The molecule has 1 amide bonds. The molecule has 1 aromatic carbocycles. The Morgan fingerprint density at radius 1 is 1.13 bits per heavy atom. The predicted octanol–water partition coefficient (Wildman–Crippen LogP) is 6.58. The molecule has 0 saturated heterocycles.